The Kier molecular flexibility index (Phi) is 3.46. The molecular weight excluding hydrogens is 276 g/mol. The van der Waals surface area contributed by atoms with Crippen molar-refractivity contribution in [3.63, 3.8) is 0 Å². The first kappa shape index (κ1) is 14.1. The van der Waals surface area contributed by atoms with Crippen LogP contribution in [0, 0.1) is 6.92 Å². The molecule has 0 spiro atoms. The lowest BCUT2D eigenvalue weighted by atomic mass is 10.1. The molecule has 21 heavy (non-hydrogen) atoms. The zero-order valence-corrected chi connectivity index (χ0v) is 13.7. The summed E-state index contributed by atoms with van der Waals surface area (Å²) in [7, 11) is 0. The highest BCUT2D eigenvalue weighted by Crippen LogP contribution is 2.32. The molecule has 0 atom stereocenters. The Hall–Kier alpha value is -1.87. The van der Waals surface area contributed by atoms with Gasteiger partial charge in [0, 0.05) is 5.56 Å². The summed E-state index contributed by atoms with van der Waals surface area (Å²) in [4.78, 5) is 1.26. The maximum absolute atomic E-state index is 4.86. The van der Waals surface area contributed by atoms with Crippen molar-refractivity contribution < 1.29 is 0 Å². The summed E-state index contributed by atoms with van der Waals surface area (Å²) in [6, 6.07) is 15.0. The Labute approximate surface area is 130 Å². The van der Waals surface area contributed by atoms with Crippen molar-refractivity contribution in [1.29, 1.82) is 0 Å². The summed E-state index contributed by atoms with van der Waals surface area (Å²) >= 11 is 1.76. The minimum atomic E-state index is -0.0394. The van der Waals surface area contributed by atoms with Crippen molar-refractivity contribution >= 4 is 11.3 Å². The van der Waals surface area contributed by atoms with Gasteiger partial charge in [0.2, 0.25) is 0 Å². The molecular formula is C18H20N2S. The highest BCUT2D eigenvalue weighted by molar-refractivity contribution is 7.13. The van der Waals surface area contributed by atoms with Crippen molar-refractivity contribution in [3.05, 3.63) is 53.4 Å². The largest absolute Gasteiger partial charge is 0.258 e. The normalized spacial score (nSPS) is 11.8. The number of nitrogens with zero attached hydrogens (tertiary/aromatic N) is 2. The Morgan fingerprint density at radius 1 is 1.05 bits per heavy atom. The number of aryl methyl sites for hydroxylation is 1. The second-order valence-corrected chi connectivity index (χ2v) is 7.29. The van der Waals surface area contributed by atoms with Crippen LogP contribution in [0.3, 0.4) is 0 Å². The number of hydrogen-bond donors (Lipinski definition) is 0. The summed E-state index contributed by atoms with van der Waals surface area (Å²) in [5, 5.41) is 6.97. The fraction of sp³-hybridized carbons (Fsp3) is 0.278. The fourth-order valence-corrected chi connectivity index (χ4v) is 3.08. The molecule has 3 heteroatoms. The van der Waals surface area contributed by atoms with Crippen LogP contribution < -0.4 is 0 Å². The zero-order chi connectivity index (χ0) is 15.0. The molecule has 0 aliphatic carbocycles. The Morgan fingerprint density at radius 3 is 2.33 bits per heavy atom. The Balaban J connectivity index is 2.14. The van der Waals surface area contributed by atoms with E-state index in [0.717, 1.165) is 5.69 Å². The van der Waals surface area contributed by atoms with Gasteiger partial charge in [-0.2, -0.15) is 5.10 Å². The molecule has 2 aromatic heterocycles. The molecule has 0 fully saturated rings. The molecule has 0 aliphatic heterocycles. The Morgan fingerprint density at radius 2 is 1.76 bits per heavy atom. The van der Waals surface area contributed by atoms with Crippen molar-refractivity contribution in [1.82, 2.24) is 9.78 Å². The van der Waals surface area contributed by atoms with Crippen molar-refractivity contribution in [3.8, 4) is 21.8 Å². The molecule has 1 aromatic carbocycles. The second kappa shape index (κ2) is 5.15. The number of rotatable bonds is 2. The van der Waals surface area contributed by atoms with Crippen LogP contribution in [0.2, 0.25) is 0 Å². The van der Waals surface area contributed by atoms with Crippen LogP contribution in [-0.4, -0.2) is 9.78 Å². The molecule has 0 saturated heterocycles. The molecule has 3 aromatic rings. The summed E-state index contributed by atoms with van der Waals surface area (Å²) in [5.74, 6) is 0. The Bertz CT molecular complexity index is 729. The lowest BCUT2D eigenvalue weighted by Gasteiger charge is -2.22. The van der Waals surface area contributed by atoms with Crippen LogP contribution in [0.5, 0.6) is 0 Å². The molecule has 0 unspecified atom stereocenters. The van der Waals surface area contributed by atoms with Crippen LogP contribution in [0.25, 0.3) is 21.8 Å². The minimum absolute atomic E-state index is 0.0394. The summed E-state index contributed by atoms with van der Waals surface area (Å²) < 4.78 is 2.13. The molecule has 0 amide bonds. The molecule has 2 heterocycles. The van der Waals surface area contributed by atoms with Gasteiger partial charge in [-0.1, -0.05) is 35.9 Å². The van der Waals surface area contributed by atoms with Crippen molar-refractivity contribution in [2.24, 2.45) is 0 Å². The van der Waals surface area contributed by atoms with Gasteiger partial charge in [0.05, 0.1) is 21.8 Å². The highest BCUT2D eigenvalue weighted by Gasteiger charge is 2.21. The molecule has 0 aliphatic rings. The highest BCUT2D eigenvalue weighted by atomic mass is 32.1. The number of aromatic nitrogens is 2. The van der Waals surface area contributed by atoms with Gasteiger partial charge in [-0.05, 0) is 45.2 Å². The predicted molar refractivity (Wildman–Crippen MR) is 90.7 cm³/mol. The minimum Gasteiger partial charge on any atom is -0.258 e. The third-order valence-electron chi connectivity index (χ3n) is 3.47. The van der Waals surface area contributed by atoms with Crippen molar-refractivity contribution in [2.75, 3.05) is 0 Å². The first-order valence-electron chi connectivity index (χ1n) is 7.16. The average Bonchev–Trinajstić information content (AvgIpc) is 3.07. The van der Waals surface area contributed by atoms with Gasteiger partial charge in [-0.25, -0.2) is 0 Å². The third kappa shape index (κ3) is 2.79. The standard InChI is InChI=1S/C18H20N2S/c1-13-7-9-14(10-8-13)15-12-16(17-6-5-11-21-17)20(19-15)18(2,3)4/h5-12H,1-4H3. The third-order valence-corrected chi connectivity index (χ3v) is 4.36. The molecule has 0 radical (unpaired) electrons. The smallest absolute Gasteiger partial charge is 0.0930 e. The maximum Gasteiger partial charge on any atom is 0.0930 e. The van der Waals surface area contributed by atoms with Gasteiger partial charge in [-0.15, -0.1) is 11.3 Å². The van der Waals surface area contributed by atoms with Crippen LogP contribution in [0.1, 0.15) is 26.3 Å². The van der Waals surface area contributed by atoms with E-state index >= 15 is 0 Å². The van der Waals surface area contributed by atoms with E-state index in [4.69, 9.17) is 5.10 Å². The quantitative estimate of drug-likeness (QED) is 0.624. The SMILES string of the molecule is Cc1ccc(-c2cc(-c3cccs3)n(C(C)(C)C)n2)cc1. The first-order chi connectivity index (χ1) is 9.95. The van der Waals surface area contributed by atoms with E-state index in [-0.39, 0.29) is 5.54 Å². The van der Waals surface area contributed by atoms with Gasteiger partial charge >= 0.3 is 0 Å². The van der Waals surface area contributed by atoms with Crippen molar-refractivity contribution in [2.45, 2.75) is 33.2 Å². The molecule has 3 rings (SSSR count). The van der Waals surface area contributed by atoms with Gasteiger partial charge in [0.1, 0.15) is 0 Å². The number of benzene rings is 1. The molecule has 2 nitrogen and oxygen atoms in total. The fourth-order valence-electron chi connectivity index (χ4n) is 2.36. The van der Waals surface area contributed by atoms with Crippen LogP contribution in [0.15, 0.2) is 47.8 Å². The van der Waals surface area contributed by atoms with E-state index in [0.29, 0.717) is 0 Å². The van der Waals surface area contributed by atoms with E-state index in [2.05, 4.69) is 80.2 Å². The number of thiophene rings is 1. The summed E-state index contributed by atoms with van der Waals surface area (Å²) in [5.41, 5.74) is 4.62. The molecule has 0 N–H and O–H groups in total. The topological polar surface area (TPSA) is 17.8 Å². The van der Waals surface area contributed by atoms with Gasteiger partial charge in [-0.3, -0.25) is 4.68 Å². The van der Waals surface area contributed by atoms with E-state index in [1.54, 1.807) is 11.3 Å². The van der Waals surface area contributed by atoms with Gasteiger partial charge in [0.15, 0.2) is 0 Å². The molecule has 0 bridgehead atoms. The lowest BCUT2D eigenvalue weighted by molar-refractivity contribution is 0.361. The van der Waals surface area contributed by atoms with Gasteiger partial charge < -0.3 is 0 Å². The summed E-state index contributed by atoms with van der Waals surface area (Å²) in [6.45, 7) is 8.68. The van der Waals surface area contributed by atoms with Crippen LogP contribution in [0.4, 0.5) is 0 Å². The molecule has 0 saturated carbocycles. The van der Waals surface area contributed by atoms with E-state index < -0.39 is 0 Å². The maximum atomic E-state index is 4.86. The first-order valence-corrected chi connectivity index (χ1v) is 8.04. The van der Waals surface area contributed by atoms with E-state index in [9.17, 15) is 0 Å². The summed E-state index contributed by atoms with van der Waals surface area (Å²) in [6.07, 6.45) is 0. The van der Waals surface area contributed by atoms with Crippen LogP contribution in [-0.2, 0) is 5.54 Å². The van der Waals surface area contributed by atoms with Gasteiger partial charge in [0.25, 0.3) is 0 Å². The number of hydrogen-bond acceptors (Lipinski definition) is 2. The zero-order valence-electron chi connectivity index (χ0n) is 12.9. The second-order valence-electron chi connectivity index (χ2n) is 6.34. The monoisotopic (exact) mass is 296 g/mol. The average molecular weight is 296 g/mol. The predicted octanol–water partition coefficient (Wildman–Crippen LogP) is 5.34. The lowest BCUT2D eigenvalue weighted by Crippen LogP contribution is -2.23. The van der Waals surface area contributed by atoms with E-state index in [1.165, 1.54) is 21.7 Å². The molecule has 108 valence electrons. The van der Waals surface area contributed by atoms with E-state index in [1.807, 2.05) is 0 Å². The van der Waals surface area contributed by atoms with Crippen LogP contribution >= 0.6 is 11.3 Å².